The van der Waals surface area contributed by atoms with E-state index >= 15 is 0 Å². The summed E-state index contributed by atoms with van der Waals surface area (Å²) in [6.07, 6.45) is 0. The molecule has 1 nitrogen and oxygen atoms in total. The first kappa shape index (κ1) is 12.5. The molecule has 4 heteroatoms. The Morgan fingerprint density at radius 1 is 0.944 bits per heavy atom. The lowest BCUT2D eigenvalue weighted by Gasteiger charge is -2.08. The van der Waals surface area contributed by atoms with Gasteiger partial charge in [0, 0.05) is 6.54 Å². The average molecular weight is 251 g/mol. The second-order valence-electron chi connectivity index (χ2n) is 4.06. The fraction of sp³-hybridized carbons (Fsp3) is 0.143. The SMILES string of the molecule is Cc1cc(CNc2cc(F)ccc2F)ccc1F. The summed E-state index contributed by atoms with van der Waals surface area (Å²) in [4.78, 5) is 0. The molecule has 0 unspecified atom stereocenters. The second kappa shape index (κ2) is 5.12. The average Bonchev–Trinajstić information content (AvgIpc) is 2.34. The highest BCUT2D eigenvalue weighted by molar-refractivity contribution is 5.45. The van der Waals surface area contributed by atoms with E-state index in [1.54, 1.807) is 19.1 Å². The summed E-state index contributed by atoms with van der Waals surface area (Å²) in [6, 6.07) is 7.84. The molecule has 0 heterocycles. The van der Waals surface area contributed by atoms with Crippen molar-refractivity contribution in [3.63, 3.8) is 0 Å². The van der Waals surface area contributed by atoms with Gasteiger partial charge >= 0.3 is 0 Å². The lowest BCUT2D eigenvalue weighted by atomic mass is 10.1. The molecule has 0 saturated heterocycles. The van der Waals surface area contributed by atoms with Crippen LogP contribution in [0.2, 0.25) is 0 Å². The van der Waals surface area contributed by atoms with E-state index in [0.717, 1.165) is 23.8 Å². The first-order chi connectivity index (χ1) is 8.56. The monoisotopic (exact) mass is 251 g/mol. The molecule has 94 valence electrons. The molecule has 2 aromatic rings. The van der Waals surface area contributed by atoms with Crippen LogP contribution in [0.5, 0.6) is 0 Å². The maximum atomic E-state index is 13.3. The van der Waals surface area contributed by atoms with Crippen molar-refractivity contribution in [2.75, 3.05) is 5.32 Å². The smallest absolute Gasteiger partial charge is 0.146 e. The van der Waals surface area contributed by atoms with Crippen molar-refractivity contribution < 1.29 is 13.2 Å². The molecule has 0 aliphatic carbocycles. The van der Waals surface area contributed by atoms with E-state index in [2.05, 4.69) is 5.32 Å². The Kier molecular flexibility index (Phi) is 3.55. The van der Waals surface area contributed by atoms with Crippen molar-refractivity contribution >= 4 is 5.69 Å². The van der Waals surface area contributed by atoms with Crippen LogP contribution < -0.4 is 5.32 Å². The van der Waals surface area contributed by atoms with Crippen LogP contribution in [0, 0.1) is 24.4 Å². The molecule has 0 saturated carbocycles. The van der Waals surface area contributed by atoms with Gasteiger partial charge in [-0.1, -0.05) is 12.1 Å². The molecule has 0 spiro atoms. The first-order valence-electron chi connectivity index (χ1n) is 5.50. The number of rotatable bonds is 3. The summed E-state index contributed by atoms with van der Waals surface area (Å²) < 4.78 is 39.3. The summed E-state index contributed by atoms with van der Waals surface area (Å²) in [5, 5.41) is 2.78. The van der Waals surface area contributed by atoms with Crippen LogP contribution in [-0.4, -0.2) is 0 Å². The molecular formula is C14H12F3N. The molecule has 0 atom stereocenters. The van der Waals surface area contributed by atoms with Crippen molar-refractivity contribution in [2.45, 2.75) is 13.5 Å². The van der Waals surface area contributed by atoms with E-state index in [0.29, 0.717) is 12.1 Å². The van der Waals surface area contributed by atoms with Crippen molar-refractivity contribution in [3.05, 3.63) is 65.0 Å². The van der Waals surface area contributed by atoms with E-state index in [-0.39, 0.29) is 11.5 Å². The maximum Gasteiger partial charge on any atom is 0.146 e. The fourth-order valence-corrected chi connectivity index (χ4v) is 1.65. The largest absolute Gasteiger partial charge is 0.379 e. The minimum atomic E-state index is -0.518. The quantitative estimate of drug-likeness (QED) is 0.868. The van der Waals surface area contributed by atoms with Crippen molar-refractivity contribution in [3.8, 4) is 0 Å². The van der Waals surface area contributed by atoms with Gasteiger partial charge in [-0.3, -0.25) is 0 Å². The van der Waals surface area contributed by atoms with Gasteiger partial charge in [0.25, 0.3) is 0 Å². The van der Waals surface area contributed by atoms with Crippen LogP contribution in [0.15, 0.2) is 36.4 Å². The third kappa shape index (κ3) is 2.83. The van der Waals surface area contributed by atoms with Gasteiger partial charge in [0.1, 0.15) is 17.5 Å². The molecule has 0 aliphatic rings. The van der Waals surface area contributed by atoms with Crippen LogP contribution >= 0.6 is 0 Å². The molecule has 0 bridgehead atoms. The number of nitrogens with one attached hydrogen (secondary N) is 1. The zero-order valence-corrected chi connectivity index (χ0v) is 9.81. The van der Waals surface area contributed by atoms with Gasteiger partial charge < -0.3 is 5.32 Å². The summed E-state index contributed by atoms with van der Waals surface area (Å²) >= 11 is 0. The fourth-order valence-electron chi connectivity index (χ4n) is 1.65. The lowest BCUT2D eigenvalue weighted by Crippen LogP contribution is -2.02. The summed E-state index contributed by atoms with van der Waals surface area (Å²) in [5.74, 6) is -1.31. The van der Waals surface area contributed by atoms with E-state index in [9.17, 15) is 13.2 Å². The third-order valence-corrected chi connectivity index (χ3v) is 2.63. The van der Waals surface area contributed by atoms with Crippen LogP contribution in [0.1, 0.15) is 11.1 Å². The standard InChI is InChI=1S/C14H12F3N/c1-9-6-10(2-4-12(9)16)8-18-14-7-11(15)3-5-13(14)17/h2-7,18H,8H2,1H3. The van der Waals surface area contributed by atoms with E-state index < -0.39 is 11.6 Å². The van der Waals surface area contributed by atoms with Crippen LogP contribution in [0.3, 0.4) is 0 Å². The molecular weight excluding hydrogens is 239 g/mol. The molecule has 1 N–H and O–H groups in total. The van der Waals surface area contributed by atoms with Gasteiger partial charge in [0.05, 0.1) is 5.69 Å². The van der Waals surface area contributed by atoms with Gasteiger partial charge in [0.15, 0.2) is 0 Å². The van der Waals surface area contributed by atoms with Gasteiger partial charge in [-0.2, -0.15) is 0 Å². The second-order valence-corrected chi connectivity index (χ2v) is 4.06. The Morgan fingerprint density at radius 2 is 1.67 bits per heavy atom. The summed E-state index contributed by atoms with van der Waals surface area (Å²) in [7, 11) is 0. The maximum absolute atomic E-state index is 13.3. The van der Waals surface area contributed by atoms with Crippen LogP contribution in [0.4, 0.5) is 18.9 Å². The summed E-state index contributed by atoms with van der Waals surface area (Å²) in [5.41, 5.74) is 1.42. The molecule has 2 rings (SSSR count). The first-order valence-corrected chi connectivity index (χ1v) is 5.50. The number of hydrogen-bond donors (Lipinski definition) is 1. The van der Waals surface area contributed by atoms with Crippen LogP contribution in [0.25, 0.3) is 0 Å². The molecule has 0 radical (unpaired) electrons. The van der Waals surface area contributed by atoms with Gasteiger partial charge in [-0.15, -0.1) is 0 Å². The van der Waals surface area contributed by atoms with Crippen molar-refractivity contribution in [1.82, 2.24) is 0 Å². The zero-order valence-electron chi connectivity index (χ0n) is 9.81. The highest BCUT2D eigenvalue weighted by atomic mass is 19.1. The number of hydrogen-bond acceptors (Lipinski definition) is 1. The van der Waals surface area contributed by atoms with Gasteiger partial charge in [-0.25, -0.2) is 13.2 Å². The predicted octanol–water partition coefficient (Wildman–Crippen LogP) is 4.02. The van der Waals surface area contributed by atoms with E-state index in [4.69, 9.17) is 0 Å². The Labute approximate surface area is 103 Å². The minimum absolute atomic E-state index is 0.0944. The molecule has 0 amide bonds. The molecule has 0 aromatic heterocycles. The summed E-state index contributed by atoms with van der Waals surface area (Å²) in [6.45, 7) is 1.96. The van der Waals surface area contributed by atoms with Gasteiger partial charge in [0.2, 0.25) is 0 Å². The number of aryl methyl sites for hydroxylation is 1. The zero-order chi connectivity index (χ0) is 13.1. The molecule has 2 aromatic carbocycles. The van der Waals surface area contributed by atoms with Crippen molar-refractivity contribution in [2.24, 2.45) is 0 Å². The third-order valence-electron chi connectivity index (χ3n) is 2.63. The van der Waals surface area contributed by atoms with Crippen molar-refractivity contribution in [1.29, 1.82) is 0 Å². The molecule has 0 fully saturated rings. The predicted molar refractivity (Wildman–Crippen MR) is 64.8 cm³/mol. The Hall–Kier alpha value is -1.97. The molecule has 0 aliphatic heterocycles. The minimum Gasteiger partial charge on any atom is -0.379 e. The van der Waals surface area contributed by atoms with Gasteiger partial charge in [-0.05, 0) is 42.3 Å². The Morgan fingerprint density at radius 3 is 2.39 bits per heavy atom. The van der Waals surface area contributed by atoms with E-state index in [1.165, 1.54) is 6.07 Å². The highest BCUT2D eigenvalue weighted by Crippen LogP contribution is 2.17. The number of anilines is 1. The number of benzene rings is 2. The highest BCUT2D eigenvalue weighted by Gasteiger charge is 2.04. The topological polar surface area (TPSA) is 12.0 Å². The number of halogens is 3. The molecule has 18 heavy (non-hydrogen) atoms. The Balaban J connectivity index is 2.11. The Bertz CT molecular complexity index is 567. The van der Waals surface area contributed by atoms with Crippen LogP contribution in [-0.2, 0) is 6.54 Å². The van der Waals surface area contributed by atoms with E-state index in [1.807, 2.05) is 0 Å². The lowest BCUT2D eigenvalue weighted by molar-refractivity contribution is 0.602. The normalized spacial score (nSPS) is 10.4.